The van der Waals surface area contributed by atoms with Crippen LogP contribution in [0.25, 0.3) is 0 Å². The molecule has 0 aliphatic rings. The summed E-state index contributed by atoms with van der Waals surface area (Å²) >= 11 is 0. The zero-order valence-corrected chi connectivity index (χ0v) is 17.8. The van der Waals surface area contributed by atoms with Crippen LogP contribution in [0.15, 0.2) is 82.3 Å². The van der Waals surface area contributed by atoms with Crippen LogP contribution in [0.5, 0.6) is 0 Å². The molecule has 0 atom stereocenters. The first-order chi connectivity index (χ1) is 14.4. The van der Waals surface area contributed by atoms with Crippen LogP contribution < -0.4 is 5.32 Å². The highest BCUT2D eigenvalue weighted by atomic mass is 32.2. The van der Waals surface area contributed by atoms with Gasteiger partial charge in [0.15, 0.2) is 0 Å². The average Bonchev–Trinajstić information content (AvgIpc) is 3.25. The molecule has 158 valence electrons. The summed E-state index contributed by atoms with van der Waals surface area (Å²) in [4.78, 5) is 12.5. The number of benzene rings is 2. The molecular formula is C23H26N2O4S. The third kappa shape index (κ3) is 6.05. The van der Waals surface area contributed by atoms with E-state index in [0.717, 1.165) is 17.5 Å². The number of hydrogen-bond donors (Lipinski definition) is 1. The third-order valence-corrected chi connectivity index (χ3v) is 6.60. The zero-order valence-electron chi connectivity index (χ0n) is 17.0. The molecule has 1 amide bonds. The van der Waals surface area contributed by atoms with Gasteiger partial charge in [-0.1, -0.05) is 48.0 Å². The number of furan rings is 1. The first-order valence-electron chi connectivity index (χ1n) is 9.85. The Hall–Kier alpha value is -2.90. The highest BCUT2D eigenvalue weighted by molar-refractivity contribution is 7.89. The van der Waals surface area contributed by atoms with Crippen molar-refractivity contribution >= 4 is 15.9 Å². The molecule has 3 rings (SSSR count). The number of amides is 1. The largest absolute Gasteiger partial charge is 0.468 e. The fourth-order valence-corrected chi connectivity index (χ4v) is 4.43. The predicted octanol–water partition coefficient (Wildman–Crippen LogP) is 3.53. The molecule has 0 unspecified atom stereocenters. The van der Waals surface area contributed by atoms with Gasteiger partial charge in [0.1, 0.15) is 5.76 Å². The average molecular weight is 427 g/mol. The highest BCUT2D eigenvalue weighted by Gasteiger charge is 2.26. The highest BCUT2D eigenvalue weighted by Crippen LogP contribution is 2.19. The van der Waals surface area contributed by atoms with Crippen LogP contribution in [0.4, 0.5) is 0 Å². The van der Waals surface area contributed by atoms with Crippen molar-refractivity contribution in [1.82, 2.24) is 9.62 Å². The summed E-state index contributed by atoms with van der Waals surface area (Å²) in [5.41, 5.74) is 2.11. The summed E-state index contributed by atoms with van der Waals surface area (Å²) in [5, 5.41) is 2.86. The first kappa shape index (κ1) is 21.8. The Morgan fingerprint density at radius 2 is 1.73 bits per heavy atom. The quantitative estimate of drug-likeness (QED) is 0.538. The Labute approximate surface area is 177 Å². The lowest BCUT2D eigenvalue weighted by atomic mass is 10.1. The van der Waals surface area contributed by atoms with Crippen molar-refractivity contribution in [2.75, 3.05) is 13.1 Å². The van der Waals surface area contributed by atoms with Crippen LogP contribution in [-0.2, 0) is 27.8 Å². The second-order valence-corrected chi connectivity index (χ2v) is 9.00. The summed E-state index contributed by atoms with van der Waals surface area (Å²) in [6.07, 6.45) is 2.30. The van der Waals surface area contributed by atoms with Gasteiger partial charge < -0.3 is 9.73 Å². The van der Waals surface area contributed by atoms with E-state index in [2.05, 4.69) is 5.32 Å². The SMILES string of the molecule is Cc1ccc(S(=O)(=O)N(CCC(=O)NCCc2ccccc2)Cc2ccco2)cc1. The van der Waals surface area contributed by atoms with Crippen LogP contribution in [0.2, 0.25) is 0 Å². The summed E-state index contributed by atoms with van der Waals surface area (Å²) in [5.74, 6) is 0.338. The van der Waals surface area contributed by atoms with Gasteiger partial charge in [0.2, 0.25) is 15.9 Å². The number of aryl methyl sites for hydroxylation is 1. The molecule has 1 N–H and O–H groups in total. The Balaban J connectivity index is 1.62. The maximum atomic E-state index is 13.1. The lowest BCUT2D eigenvalue weighted by Crippen LogP contribution is -2.35. The standard InChI is InChI=1S/C23H26N2O4S/c1-19-9-11-22(12-10-19)30(27,28)25(18-21-8-5-17-29-21)16-14-23(26)24-15-13-20-6-3-2-4-7-20/h2-12,17H,13-16,18H2,1H3,(H,24,26). The third-order valence-electron chi connectivity index (χ3n) is 4.74. The zero-order chi connectivity index (χ0) is 21.4. The van der Waals surface area contributed by atoms with Gasteiger partial charge in [-0.2, -0.15) is 4.31 Å². The molecule has 30 heavy (non-hydrogen) atoms. The topological polar surface area (TPSA) is 79.6 Å². The summed E-state index contributed by atoms with van der Waals surface area (Å²) < 4.78 is 32.9. The normalized spacial score (nSPS) is 11.5. The van der Waals surface area contributed by atoms with Gasteiger partial charge in [0, 0.05) is 19.5 Å². The number of hydrogen-bond acceptors (Lipinski definition) is 4. The minimum atomic E-state index is -3.76. The van der Waals surface area contributed by atoms with Gasteiger partial charge in [-0.15, -0.1) is 0 Å². The van der Waals surface area contributed by atoms with Crippen LogP contribution in [0.1, 0.15) is 23.3 Å². The predicted molar refractivity (Wildman–Crippen MR) is 115 cm³/mol. The molecular weight excluding hydrogens is 400 g/mol. The Kier molecular flexibility index (Phi) is 7.43. The minimum absolute atomic E-state index is 0.0636. The van der Waals surface area contributed by atoms with Crippen molar-refractivity contribution in [1.29, 1.82) is 0 Å². The fraction of sp³-hybridized carbons (Fsp3) is 0.261. The van der Waals surface area contributed by atoms with E-state index in [9.17, 15) is 13.2 Å². The molecule has 0 aliphatic carbocycles. The molecule has 1 aromatic heterocycles. The van der Waals surface area contributed by atoms with Crippen molar-refractivity contribution in [3.8, 4) is 0 Å². The van der Waals surface area contributed by atoms with Gasteiger partial charge in [-0.25, -0.2) is 8.42 Å². The van der Waals surface area contributed by atoms with E-state index < -0.39 is 10.0 Å². The summed E-state index contributed by atoms with van der Waals surface area (Å²) in [6.45, 7) is 2.54. The fourth-order valence-electron chi connectivity index (χ4n) is 3.03. The molecule has 0 bridgehead atoms. The van der Waals surface area contributed by atoms with Gasteiger partial charge in [-0.05, 0) is 43.2 Å². The van der Waals surface area contributed by atoms with E-state index in [-0.39, 0.29) is 30.3 Å². The van der Waals surface area contributed by atoms with Crippen LogP contribution in [0, 0.1) is 6.92 Å². The molecule has 6 nitrogen and oxygen atoms in total. The Bertz CT molecular complexity index is 1030. The molecule has 0 spiro atoms. The van der Waals surface area contributed by atoms with E-state index in [1.165, 1.54) is 10.6 Å². The van der Waals surface area contributed by atoms with E-state index in [0.29, 0.717) is 12.3 Å². The van der Waals surface area contributed by atoms with Crippen molar-refractivity contribution < 1.29 is 17.6 Å². The first-order valence-corrected chi connectivity index (χ1v) is 11.3. The second-order valence-electron chi connectivity index (χ2n) is 7.07. The summed E-state index contributed by atoms with van der Waals surface area (Å²) in [6, 6.07) is 20.0. The molecule has 2 aromatic carbocycles. The molecule has 7 heteroatoms. The van der Waals surface area contributed by atoms with Crippen LogP contribution >= 0.6 is 0 Å². The molecule has 0 aliphatic heterocycles. The molecule has 0 radical (unpaired) electrons. The number of rotatable bonds is 10. The number of carbonyl (C=O) groups excluding carboxylic acids is 1. The van der Waals surface area contributed by atoms with E-state index in [1.807, 2.05) is 37.3 Å². The van der Waals surface area contributed by atoms with E-state index >= 15 is 0 Å². The smallest absolute Gasteiger partial charge is 0.243 e. The van der Waals surface area contributed by atoms with Crippen molar-refractivity contribution in [2.24, 2.45) is 0 Å². The van der Waals surface area contributed by atoms with Crippen molar-refractivity contribution in [3.05, 3.63) is 89.9 Å². The van der Waals surface area contributed by atoms with Gasteiger partial charge >= 0.3 is 0 Å². The van der Waals surface area contributed by atoms with E-state index in [1.54, 1.807) is 36.4 Å². The number of carbonyl (C=O) groups is 1. The Morgan fingerprint density at radius 1 is 1.00 bits per heavy atom. The number of nitrogens with one attached hydrogen (secondary N) is 1. The van der Waals surface area contributed by atoms with Crippen molar-refractivity contribution in [2.45, 2.75) is 31.2 Å². The molecule has 0 fully saturated rings. The van der Waals surface area contributed by atoms with Crippen LogP contribution in [-0.4, -0.2) is 31.7 Å². The van der Waals surface area contributed by atoms with Crippen LogP contribution in [0.3, 0.4) is 0 Å². The molecule has 0 saturated carbocycles. The maximum Gasteiger partial charge on any atom is 0.243 e. The summed E-state index contributed by atoms with van der Waals surface area (Å²) in [7, 11) is -3.76. The lowest BCUT2D eigenvalue weighted by Gasteiger charge is -2.21. The molecule has 0 saturated heterocycles. The van der Waals surface area contributed by atoms with Crippen molar-refractivity contribution in [3.63, 3.8) is 0 Å². The number of nitrogens with zero attached hydrogens (tertiary/aromatic N) is 1. The van der Waals surface area contributed by atoms with Gasteiger partial charge in [-0.3, -0.25) is 4.79 Å². The molecule has 3 aromatic rings. The van der Waals surface area contributed by atoms with Gasteiger partial charge in [0.05, 0.1) is 17.7 Å². The second kappa shape index (κ2) is 10.2. The maximum absolute atomic E-state index is 13.1. The number of sulfonamides is 1. The minimum Gasteiger partial charge on any atom is -0.468 e. The molecule has 1 heterocycles. The lowest BCUT2D eigenvalue weighted by molar-refractivity contribution is -0.121. The Morgan fingerprint density at radius 3 is 2.40 bits per heavy atom. The van der Waals surface area contributed by atoms with E-state index in [4.69, 9.17) is 4.42 Å². The monoisotopic (exact) mass is 426 g/mol. The van der Waals surface area contributed by atoms with Gasteiger partial charge in [0.25, 0.3) is 0 Å².